The van der Waals surface area contributed by atoms with Crippen LogP contribution in [0.1, 0.15) is 116 Å². The van der Waals surface area contributed by atoms with Crippen molar-refractivity contribution in [2.45, 2.75) is 170 Å². The van der Waals surface area contributed by atoms with E-state index in [-0.39, 0.29) is 172 Å². The number of aliphatic hydroxyl groups excluding tert-OH is 1. The topological polar surface area (TPSA) is 755 Å². The molecule has 0 bridgehead atoms. The van der Waals surface area contributed by atoms with Gasteiger partial charge in [0.05, 0.1) is 12.6 Å². The summed E-state index contributed by atoms with van der Waals surface area (Å²) in [5, 5.41) is 40.9. The van der Waals surface area contributed by atoms with Gasteiger partial charge in [-0.15, -0.1) is 0 Å². The van der Waals surface area contributed by atoms with E-state index in [1.807, 2.05) is 0 Å². The zero-order chi connectivity index (χ0) is 68.8. The summed E-state index contributed by atoms with van der Waals surface area (Å²) in [6, 6.07) is -12.9. The van der Waals surface area contributed by atoms with Crippen LogP contribution in [-0.4, -0.2) is 213 Å². The second kappa shape index (κ2) is 47.7. The van der Waals surface area contributed by atoms with Gasteiger partial charge in [0, 0.05) is 39.3 Å². The van der Waals surface area contributed by atoms with E-state index >= 15 is 0 Å². The number of unbranched alkanes of at least 4 members (excludes halogenated alkanes) is 2. The number of rotatable bonds is 50. The minimum absolute atomic E-state index is 0.0112. The van der Waals surface area contributed by atoms with Crippen LogP contribution in [0.3, 0.4) is 0 Å². The highest BCUT2D eigenvalue weighted by Gasteiger charge is 2.35. The monoisotopic (exact) mass is 1300 g/mol. The standard InChI is InChI=1S/C51H103N29O11/c52-19-3-1-12-29(73-37(82)28(54)11-5-21-67-46(55)56)38(83)74-30(13-2-4-20-53)39(84)75-31(14-6-22-68-47(57)58)40(85)77-34(17-9-25-71-50(63)64)43(88)80-36(27-81)44(89)78-32(15-7-23-69-48(59)60)41(86)76-33(16-8-24-70-49(61)62)42(87)79-35(45(90)91)18-10-26-72-51(65)66/h28-36,81H,1-27,52-54H2,(H,73,82)(H,74,83)(H,75,84)(H,76,86)(H,77,85)(H,78,89)(H,79,87)(H,80,88)(H,90,91)(H4,55,56,67)(H4,57,58,68)(H4,59,60,69)(H4,61,62,70)(H4,63,64,71)(H4,65,66,72)/t28-,29+,30+,31+,32+,33+,34-,35-,36+/m1/s1. The van der Waals surface area contributed by atoms with Crippen LogP contribution < -0.4 is 129 Å². The molecule has 0 aromatic carbocycles. The van der Waals surface area contributed by atoms with Gasteiger partial charge in [-0.25, -0.2) is 4.79 Å². The summed E-state index contributed by atoms with van der Waals surface area (Å²) in [6.45, 7) is -0.476. The Morgan fingerprint density at radius 1 is 0.286 bits per heavy atom. The molecule has 0 unspecified atom stereocenters. The fourth-order valence-electron chi connectivity index (χ4n) is 8.40. The van der Waals surface area contributed by atoms with E-state index in [9.17, 15) is 53.4 Å². The molecule has 8 amide bonds. The highest BCUT2D eigenvalue weighted by Crippen LogP contribution is 2.11. The van der Waals surface area contributed by atoms with Gasteiger partial charge in [-0.3, -0.25) is 68.3 Å². The number of hydrogen-bond donors (Lipinski definition) is 25. The first-order valence-electron chi connectivity index (χ1n) is 29.8. The number of nitrogens with one attached hydrogen (secondary N) is 8. The molecule has 0 saturated carbocycles. The smallest absolute Gasteiger partial charge is 0.326 e. The van der Waals surface area contributed by atoms with Crippen LogP contribution in [0.5, 0.6) is 0 Å². The Kier molecular flexibility index (Phi) is 42.8. The number of guanidine groups is 6. The summed E-state index contributed by atoms with van der Waals surface area (Å²) in [7, 11) is 0. The maximum Gasteiger partial charge on any atom is 0.326 e. The molecule has 0 heterocycles. The number of aliphatic imine (C=N–C) groups is 6. The van der Waals surface area contributed by atoms with Gasteiger partial charge in [0.1, 0.15) is 48.3 Å². The highest BCUT2D eigenvalue weighted by atomic mass is 16.4. The lowest BCUT2D eigenvalue weighted by atomic mass is 10.0. The Labute approximate surface area is 528 Å². The van der Waals surface area contributed by atoms with E-state index in [4.69, 9.17) is 86.0 Å². The summed E-state index contributed by atoms with van der Waals surface area (Å²) in [5.74, 6) is -10.2. The second-order valence-corrected chi connectivity index (χ2v) is 20.9. The molecule has 0 aliphatic carbocycles. The molecule has 518 valence electrons. The third-order valence-corrected chi connectivity index (χ3v) is 13.2. The van der Waals surface area contributed by atoms with Gasteiger partial charge in [0.15, 0.2) is 35.8 Å². The maximum atomic E-state index is 14.5. The Morgan fingerprint density at radius 2 is 0.484 bits per heavy atom. The number of aliphatic hydroxyl groups is 1. The number of carbonyl (C=O) groups excluding carboxylic acids is 8. The predicted molar refractivity (Wildman–Crippen MR) is 343 cm³/mol. The van der Waals surface area contributed by atoms with Crippen molar-refractivity contribution in [3.63, 3.8) is 0 Å². The van der Waals surface area contributed by atoms with Crippen molar-refractivity contribution >= 4 is 89.0 Å². The van der Waals surface area contributed by atoms with E-state index in [1.165, 1.54) is 0 Å². The molecule has 0 rings (SSSR count). The summed E-state index contributed by atoms with van der Waals surface area (Å²) in [6.07, 6.45) is 1.76. The van der Waals surface area contributed by atoms with Gasteiger partial charge in [-0.2, -0.15) is 0 Å². The normalized spacial score (nSPS) is 13.7. The summed E-state index contributed by atoms with van der Waals surface area (Å²) >= 11 is 0. The second-order valence-electron chi connectivity index (χ2n) is 20.9. The van der Waals surface area contributed by atoms with Crippen molar-refractivity contribution in [3.8, 4) is 0 Å². The molecule has 9 atom stereocenters. The van der Waals surface area contributed by atoms with E-state index < -0.39 is 114 Å². The van der Waals surface area contributed by atoms with Crippen molar-refractivity contribution in [3.05, 3.63) is 0 Å². The van der Waals surface area contributed by atoms with Crippen LogP contribution in [0, 0.1) is 0 Å². The molecular weight excluding hydrogens is 1190 g/mol. The number of aliphatic carboxylic acids is 1. The third-order valence-electron chi connectivity index (χ3n) is 13.2. The fraction of sp³-hybridized carbons (Fsp3) is 0.706. The largest absolute Gasteiger partial charge is 0.480 e. The minimum atomic E-state index is -1.84. The number of hydrogen-bond acceptors (Lipinski definition) is 19. The number of amides is 8. The van der Waals surface area contributed by atoms with Crippen LogP contribution in [0.4, 0.5) is 0 Å². The molecule has 0 spiro atoms. The Balaban J connectivity index is 7.19. The first-order valence-corrected chi connectivity index (χ1v) is 29.8. The van der Waals surface area contributed by atoms with Crippen molar-refractivity contribution in [2.75, 3.05) is 59.0 Å². The van der Waals surface area contributed by atoms with Crippen molar-refractivity contribution < 1.29 is 53.4 Å². The quantitative estimate of drug-likeness (QED) is 0.0153. The Bertz CT molecular complexity index is 2440. The SMILES string of the molecule is NCCCC[C@H](NC(=O)[C@H](N)CCCN=C(N)N)C(=O)N[C@@H](CCCCN)C(=O)N[C@@H](CCCN=C(N)N)C(=O)N[C@H](CCCN=C(N)N)C(=O)N[C@@H](CO)C(=O)N[C@@H](CCCN=C(N)N)C(=O)N[C@@H](CCCN=C(N)N)C(=O)N[C@H](CCCN=C(N)N)C(=O)O. The molecular formula is C51H103N29O11. The Hall–Kier alpha value is -9.31. The van der Waals surface area contributed by atoms with E-state index in [2.05, 4.69) is 72.5 Å². The summed E-state index contributed by atoms with van der Waals surface area (Å²) in [5.41, 5.74) is 83.3. The maximum absolute atomic E-state index is 14.5. The molecule has 40 N–H and O–H groups in total. The van der Waals surface area contributed by atoms with Crippen molar-refractivity contribution in [2.24, 2.45) is 116 Å². The summed E-state index contributed by atoms with van der Waals surface area (Å²) < 4.78 is 0. The lowest BCUT2D eigenvalue weighted by Gasteiger charge is -2.28. The first kappa shape index (κ1) is 81.7. The van der Waals surface area contributed by atoms with Crippen LogP contribution >= 0.6 is 0 Å². The van der Waals surface area contributed by atoms with Gasteiger partial charge in [-0.05, 0) is 129 Å². The lowest BCUT2D eigenvalue weighted by Crippen LogP contribution is -2.61. The molecule has 0 fully saturated rings. The number of carboxylic acids is 1. The average Bonchev–Trinajstić information content (AvgIpc) is 1.49. The lowest BCUT2D eigenvalue weighted by molar-refractivity contribution is -0.142. The molecule has 40 nitrogen and oxygen atoms in total. The highest BCUT2D eigenvalue weighted by molar-refractivity contribution is 5.98. The molecule has 0 aromatic rings. The first-order chi connectivity index (χ1) is 43.1. The van der Waals surface area contributed by atoms with Gasteiger partial charge < -0.3 is 139 Å². The van der Waals surface area contributed by atoms with Crippen LogP contribution in [0.2, 0.25) is 0 Å². The van der Waals surface area contributed by atoms with Gasteiger partial charge >= 0.3 is 5.97 Å². The molecule has 0 aliphatic rings. The van der Waals surface area contributed by atoms with Crippen LogP contribution in [0.15, 0.2) is 30.0 Å². The van der Waals surface area contributed by atoms with Crippen LogP contribution in [0.25, 0.3) is 0 Å². The number of carbonyl (C=O) groups is 9. The zero-order valence-electron chi connectivity index (χ0n) is 51.7. The fourth-order valence-corrected chi connectivity index (χ4v) is 8.40. The molecule has 0 aromatic heterocycles. The van der Waals surface area contributed by atoms with Crippen molar-refractivity contribution in [1.29, 1.82) is 0 Å². The molecule has 0 radical (unpaired) electrons. The molecule has 40 heteroatoms. The third kappa shape index (κ3) is 39.3. The van der Waals surface area contributed by atoms with E-state index in [1.54, 1.807) is 0 Å². The molecule has 0 saturated heterocycles. The predicted octanol–water partition coefficient (Wildman–Crippen LogP) is -11.2. The van der Waals surface area contributed by atoms with Crippen molar-refractivity contribution in [1.82, 2.24) is 42.5 Å². The number of nitrogens with zero attached hydrogens (tertiary/aromatic N) is 6. The number of carboxylic acid groups (broad SMARTS) is 1. The molecule has 91 heavy (non-hydrogen) atoms. The Morgan fingerprint density at radius 3 is 0.714 bits per heavy atom. The van der Waals surface area contributed by atoms with E-state index in [0.717, 1.165) is 0 Å². The minimum Gasteiger partial charge on any atom is -0.480 e. The summed E-state index contributed by atoms with van der Waals surface area (Å²) in [4.78, 5) is 148. The van der Waals surface area contributed by atoms with Crippen LogP contribution in [-0.2, 0) is 43.2 Å². The zero-order valence-corrected chi connectivity index (χ0v) is 51.7. The van der Waals surface area contributed by atoms with Gasteiger partial charge in [0.25, 0.3) is 0 Å². The molecule has 0 aliphatic heterocycles. The van der Waals surface area contributed by atoms with E-state index in [0.29, 0.717) is 32.1 Å². The van der Waals surface area contributed by atoms with Gasteiger partial charge in [-0.1, -0.05) is 0 Å². The van der Waals surface area contributed by atoms with Gasteiger partial charge in [0.2, 0.25) is 47.3 Å². The average molecular weight is 1300 g/mol. The number of nitrogens with two attached hydrogens (primary N) is 15.